The lowest BCUT2D eigenvalue weighted by atomic mass is 9.81. The number of hydrogen-bond donors (Lipinski definition) is 1. The van der Waals surface area contributed by atoms with E-state index in [-0.39, 0.29) is 0 Å². The van der Waals surface area contributed by atoms with Crippen LogP contribution in [0.1, 0.15) is 66.0 Å². The Labute approximate surface area is 201 Å². The monoisotopic (exact) mass is 440 g/mol. The Hall–Kier alpha value is -3.31. The number of allylic oxidation sites excluding steroid dienone is 3. The summed E-state index contributed by atoms with van der Waals surface area (Å²) in [5.74, 6) is 0.626. The average Bonchev–Trinajstić information content (AvgIpc) is 2.84. The third-order valence-corrected chi connectivity index (χ3v) is 5.07. The van der Waals surface area contributed by atoms with E-state index >= 15 is 0 Å². The maximum Gasteiger partial charge on any atom is 0.0998 e. The van der Waals surface area contributed by atoms with E-state index in [1.165, 1.54) is 27.5 Å². The molecule has 174 valence electrons. The van der Waals surface area contributed by atoms with Crippen LogP contribution < -0.4 is 5.32 Å². The van der Waals surface area contributed by atoms with Gasteiger partial charge in [0.25, 0.3) is 0 Å². The SMILES string of the molecule is C=C(C)NCC.CC.CC.CC1C=C(c2cc(-c3ccc4ccccc4c3)ccc2C#N)C1. The second kappa shape index (κ2) is 14.7. The van der Waals surface area contributed by atoms with Crippen LogP contribution in [0.5, 0.6) is 0 Å². The van der Waals surface area contributed by atoms with Crippen molar-refractivity contribution >= 4 is 16.3 Å². The molecule has 3 aromatic carbocycles. The maximum absolute atomic E-state index is 9.38. The van der Waals surface area contributed by atoms with Gasteiger partial charge in [0.05, 0.1) is 11.6 Å². The third kappa shape index (κ3) is 7.95. The van der Waals surface area contributed by atoms with E-state index in [0.29, 0.717) is 5.92 Å². The minimum absolute atomic E-state index is 0.626. The summed E-state index contributed by atoms with van der Waals surface area (Å²) in [5.41, 5.74) is 6.57. The largest absolute Gasteiger partial charge is 0.389 e. The summed E-state index contributed by atoms with van der Waals surface area (Å²) < 4.78 is 0. The molecule has 0 heterocycles. The van der Waals surface area contributed by atoms with Gasteiger partial charge in [-0.15, -0.1) is 0 Å². The van der Waals surface area contributed by atoms with Crippen LogP contribution in [0.3, 0.4) is 0 Å². The first-order valence-electron chi connectivity index (χ1n) is 12.2. The smallest absolute Gasteiger partial charge is 0.0998 e. The zero-order valence-electron chi connectivity index (χ0n) is 21.5. The van der Waals surface area contributed by atoms with Crippen molar-refractivity contribution < 1.29 is 0 Å². The molecule has 0 fully saturated rings. The summed E-state index contributed by atoms with van der Waals surface area (Å²) in [4.78, 5) is 0. The number of rotatable bonds is 4. The number of fused-ring (bicyclic) bond motifs is 1. The van der Waals surface area contributed by atoms with Gasteiger partial charge in [0.1, 0.15) is 0 Å². The Bertz CT molecular complexity index is 1100. The fourth-order valence-electron chi connectivity index (χ4n) is 3.61. The van der Waals surface area contributed by atoms with Crippen LogP contribution in [0.25, 0.3) is 27.5 Å². The highest BCUT2D eigenvalue weighted by Crippen LogP contribution is 2.37. The highest BCUT2D eigenvalue weighted by atomic mass is 14.8. The Morgan fingerprint density at radius 2 is 1.55 bits per heavy atom. The third-order valence-electron chi connectivity index (χ3n) is 5.07. The molecule has 1 aliphatic rings. The van der Waals surface area contributed by atoms with E-state index < -0.39 is 0 Å². The summed E-state index contributed by atoms with van der Waals surface area (Å²) in [6.45, 7) is 18.8. The molecular weight excluding hydrogens is 400 g/mol. The predicted molar refractivity (Wildman–Crippen MR) is 147 cm³/mol. The van der Waals surface area contributed by atoms with Gasteiger partial charge < -0.3 is 5.32 Å². The summed E-state index contributed by atoms with van der Waals surface area (Å²) >= 11 is 0. The average molecular weight is 441 g/mol. The quantitative estimate of drug-likeness (QED) is 0.439. The van der Waals surface area contributed by atoms with E-state index in [4.69, 9.17) is 0 Å². The van der Waals surface area contributed by atoms with Crippen LogP contribution >= 0.6 is 0 Å². The van der Waals surface area contributed by atoms with Crippen LogP contribution in [0.2, 0.25) is 0 Å². The van der Waals surface area contributed by atoms with E-state index in [0.717, 1.165) is 29.8 Å². The molecule has 0 aromatic heterocycles. The lowest BCUT2D eigenvalue weighted by molar-refractivity contribution is 0.701. The molecule has 0 bridgehead atoms. The number of nitrogens with one attached hydrogen (secondary N) is 1. The molecular formula is C31H40N2. The van der Waals surface area contributed by atoms with Crippen molar-refractivity contribution in [2.75, 3.05) is 6.54 Å². The van der Waals surface area contributed by atoms with Crippen LogP contribution in [0.15, 0.2) is 79.0 Å². The molecule has 1 aliphatic carbocycles. The van der Waals surface area contributed by atoms with Crippen molar-refractivity contribution in [3.8, 4) is 17.2 Å². The van der Waals surface area contributed by atoms with Crippen LogP contribution in [0, 0.1) is 17.2 Å². The van der Waals surface area contributed by atoms with Gasteiger partial charge in [0.2, 0.25) is 0 Å². The van der Waals surface area contributed by atoms with Crippen molar-refractivity contribution in [3.05, 3.63) is 90.1 Å². The molecule has 1 atom stereocenters. The van der Waals surface area contributed by atoms with Crippen molar-refractivity contribution in [2.45, 2.75) is 54.9 Å². The molecule has 0 saturated carbocycles. The summed E-state index contributed by atoms with van der Waals surface area (Å²) in [7, 11) is 0. The molecule has 0 spiro atoms. The molecule has 33 heavy (non-hydrogen) atoms. The Balaban J connectivity index is 0.000000470. The van der Waals surface area contributed by atoms with Gasteiger partial charge in [-0.3, -0.25) is 0 Å². The summed E-state index contributed by atoms with van der Waals surface area (Å²) in [6, 6.07) is 23.4. The summed E-state index contributed by atoms with van der Waals surface area (Å²) in [5, 5.41) is 14.9. The second-order valence-corrected chi connectivity index (χ2v) is 7.62. The van der Waals surface area contributed by atoms with Crippen molar-refractivity contribution in [1.29, 1.82) is 5.26 Å². The van der Waals surface area contributed by atoms with Crippen molar-refractivity contribution in [1.82, 2.24) is 5.32 Å². The molecule has 2 heteroatoms. The lowest BCUT2D eigenvalue weighted by Gasteiger charge is -2.23. The molecule has 1 N–H and O–H groups in total. The zero-order chi connectivity index (χ0) is 24.8. The maximum atomic E-state index is 9.38. The van der Waals surface area contributed by atoms with E-state index in [2.05, 4.69) is 92.5 Å². The van der Waals surface area contributed by atoms with Crippen LogP contribution in [-0.4, -0.2) is 6.54 Å². The molecule has 2 nitrogen and oxygen atoms in total. The van der Waals surface area contributed by atoms with E-state index in [9.17, 15) is 5.26 Å². The van der Waals surface area contributed by atoms with Gasteiger partial charge in [0, 0.05) is 12.2 Å². The number of hydrogen-bond acceptors (Lipinski definition) is 2. The highest BCUT2D eigenvalue weighted by molar-refractivity contribution is 5.88. The first-order valence-corrected chi connectivity index (χ1v) is 12.2. The molecule has 1 unspecified atom stereocenters. The Morgan fingerprint density at radius 1 is 0.970 bits per heavy atom. The van der Waals surface area contributed by atoms with E-state index in [1.807, 2.05) is 40.7 Å². The van der Waals surface area contributed by atoms with E-state index in [1.54, 1.807) is 0 Å². The molecule has 0 amide bonds. The molecule has 0 aliphatic heterocycles. The second-order valence-electron chi connectivity index (χ2n) is 7.62. The minimum Gasteiger partial charge on any atom is -0.389 e. The van der Waals surface area contributed by atoms with Gasteiger partial charge in [-0.1, -0.05) is 89.7 Å². The molecule has 3 aromatic rings. The minimum atomic E-state index is 0.626. The number of benzene rings is 3. The topological polar surface area (TPSA) is 35.8 Å². The fourth-order valence-corrected chi connectivity index (χ4v) is 3.61. The predicted octanol–water partition coefficient (Wildman–Crippen LogP) is 8.98. The van der Waals surface area contributed by atoms with Crippen molar-refractivity contribution in [2.24, 2.45) is 5.92 Å². The van der Waals surface area contributed by atoms with Gasteiger partial charge in [-0.25, -0.2) is 0 Å². The van der Waals surface area contributed by atoms with Gasteiger partial charge in [-0.2, -0.15) is 5.26 Å². The van der Waals surface area contributed by atoms with Gasteiger partial charge in [-0.05, 0) is 77.4 Å². The van der Waals surface area contributed by atoms with Crippen LogP contribution in [0.4, 0.5) is 0 Å². The Kier molecular flexibility index (Phi) is 12.3. The summed E-state index contributed by atoms with van der Waals surface area (Å²) in [6.07, 6.45) is 3.33. The van der Waals surface area contributed by atoms with Gasteiger partial charge in [0.15, 0.2) is 0 Å². The number of nitrogens with zero attached hydrogens (tertiary/aromatic N) is 1. The zero-order valence-corrected chi connectivity index (χ0v) is 21.5. The Morgan fingerprint density at radius 3 is 2.06 bits per heavy atom. The molecule has 0 radical (unpaired) electrons. The first-order chi connectivity index (χ1) is 16.0. The van der Waals surface area contributed by atoms with Crippen molar-refractivity contribution in [3.63, 3.8) is 0 Å². The number of nitriles is 1. The highest BCUT2D eigenvalue weighted by Gasteiger charge is 2.19. The normalized spacial score (nSPS) is 13.3. The molecule has 0 saturated heterocycles. The lowest BCUT2D eigenvalue weighted by Crippen LogP contribution is -2.07. The standard InChI is InChI=1S/C22H17N.C5H11N.2C2H6/c1-15-10-21(11-15)22-13-19(8-9-20(22)14-23)18-7-6-16-4-2-3-5-17(16)12-18;1-4-6-5(2)3;2*1-2/h2-10,12-13,15H,11H2,1H3;6H,2,4H2,1,3H3;2*1-2H3. The van der Waals surface area contributed by atoms with Gasteiger partial charge >= 0.3 is 0 Å². The first kappa shape index (κ1) is 27.7. The van der Waals surface area contributed by atoms with Crippen LogP contribution in [-0.2, 0) is 0 Å². The molecule has 4 rings (SSSR count). The fraction of sp³-hybridized carbons (Fsp3) is 0.323.